The fourth-order valence-corrected chi connectivity index (χ4v) is 2.22. The van der Waals surface area contributed by atoms with E-state index in [-0.39, 0.29) is 23.9 Å². The first-order valence-corrected chi connectivity index (χ1v) is 7.72. The van der Waals surface area contributed by atoms with E-state index < -0.39 is 11.9 Å². The molecule has 0 bridgehead atoms. The Balaban J connectivity index is 3.69. The second-order valence-corrected chi connectivity index (χ2v) is 4.56. The van der Waals surface area contributed by atoms with E-state index in [9.17, 15) is 9.90 Å². The lowest BCUT2D eigenvalue weighted by atomic mass is 10.0. The van der Waals surface area contributed by atoms with Gasteiger partial charge >= 0.3 is 6.16 Å². The Morgan fingerprint density at radius 1 is 0.870 bits per heavy atom. The third-order valence-corrected chi connectivity index (χ3v) is 2.95. The molecule has 2 N–H and O–H groups in total. The third-order valence-electron chi connectivity index (χ3n) is 2.95. The van der Waals surface area contributed by atoms with E-state index in [1.807, 2.05) is 6.92 Å². The summed E-state index contributed by atoms with van der Waals surface area (Å²) in [4.78, 5) is 11.0. The summed E-state index contributed by atoms with van der Waals surface area (Å²) in [7, 11) is 0. The molecule has 0 aliphatic heterocycles. The lowest BCUT2D eigenvalue weighted by Gasteiger charge is -2.22. The summed E-state index contributed by atoms with van der Waals surface area (Å²) in [6.07, 6.45) is -0.362. The Hall–Kier alpha value is -2.31. The zero-order valence-electron chi connectivity index (χ0n) is 14.0. The molecule has 1 aromatic carbocycles. The van der Waals surface area contributed by atoms with Crippen molar-refractivity contribution in [2.45, 2.75) is 40.5 Å². The number of benzene rings is 1. The van der Waals surface area contributed by atoms with Crippen LogP contribution in [0.4, 0.5) is 4.79 Å². The van der Waals surface area contributed by atoms with Crippen LogP contribution in [-0.2, 0) is 6.42 Å². The number of ether oxygens (including phenoxy) is 4. The van der Waals surface area contributed by atoms with Crippen molar-refractivity contribution in [2.75, 3.05) is 19.8 Å². The van der Waals surface area contributed by atoms with Crippen LogP contribution in [-0.4, -0.2) is 36.2 Å². The molecule has 23 heavy (non-hydrogen) atoms. The van der Waals surface area contributed by atoms with Gasteiger partial charge in [0.15, 0.2) is 11.5 Å². The number of hydrogen-bond acceptors (Lipinski definition) is 6. The van der Waals surface area contributed by atoms with Gasteiger partial charge in [0.25, 0.3) is 0 Å². The monoisotopic (exact) mass is 328 g/mol. The van der Waals surface area contributed by atoms with E-state index in [0.29, 0.717) is 37.4 Å². The van der Waals surface area contributed by atoms with Crippen LogP contribution < -0.4 is 18.9 Å². The highest BCUT2D eigenvalue weighted by Gasteiger charge is 2.29. The molecule has 0 saturated carbocycles. The minimum absolute atomic E-state index is 0.0221. The van der Waals surface area contributed by atoms with Crippen molar-refractivity contribution >= 4 is 6.16 Å². The van der Waals surface area contributed by atoms with Crippen LogP contribution in [0, 0.1) is 0 Å². The number of phenolic OH excluding ortho intramolecular Hbond substituents is 1. The van der Waals surface area contributed by atoms with E-state index in [0.717, 1.165) is 0 Å². The van der Waals surface area contributed by atoms with Crippen molar-refractivity contribution in [3.8, 4) is 28.7 Å². The fraction of sp³-hybridized carbons (Fsp3) is 0.562. The van der Waals surface area contributed by atoms with E-state index in [2.05, 4.69) is 0 Å². The predicted molar refractivity (Wildman–Crippen MR) is 84.3 cm³/mol. The van der Waals surface area contributed by atoms with Crippen molar-refractivity contribution in [2.24, 2.45) is 0 Å². The van der Waals surface area contributed by atoms with Crippen molar-refractivity contribution in [3.05, 3.63) is 5.56 Å². The van der Waals surface area contributed by atoms with Crippen molar-refractivity contribution in [1.82, 2.24) is 0 Å². The molecule has 0 aromatic heterocycles. The maximum absolute atomic E-state index is 11.0. The topological polar surface area (TPSA) is 94.5 Å². The molecule has 0 aliphatic carbocycles. The van der Waals surface area contributed by atoms with Gasteiger partial charge in [-0.1, -0.05) is 13.3 Å². The first-order chi connectivity index (χ1) is 11.0. The summed E-state index contributed by atoms with van der Waals surface area (Å²) >= 11 is 0. The Morgan fingerprint density at radius 2 is 1.39 bits per heavy atom. The van der Waals surface area contributed by atoms with Gasteiger partial charge in [-0.05, 0) is 27.2 Å². The lowest BCUT2D eigenvalue weighted by Crippen LogP contribution is -2.10. The Morgan fingerprint density at radius 3 is 1.87 bits per heavy atom. The molecule has 0 saturated heterocycles. The molecule has 0 atom stereocenters. The molecule has 1 aromatic rings. The van der Waals surface area contributed by atoms with Gasteiger partial charge in [-0.15, -0.1) is 0 Å². The van der Waals surface area contributed by atoms with Crippen LogP contribution in [0.5, 0.6) is 28.7 Å². The maximum Gasteiger partial charge on any atom is 0.511 e. The number of aromatic hydroxyl groups is 1. The lowest BCUT2D eigenvalue weighted by molar-refractivity contribution is 0.141. The van der Waals surface area contributed by atoms with Crippen LogP contribution in [0.25, 0.3) is 0 Å². The molecule has 0 spiro atoms. The minimum atomic E-state index is -1.52. The number of hydrogen-bond donors (Lipinski definition) is 2. The van der Waals surface area contributed by atoms with E-state index in [4.69, 9.17) is 24.1 Å². The smallest absolute Gasteiger partial charge is 0.502 e. The highest BCUT2D eigenvalue weighted by molar-refractivity contribution is 5.73. The van der Waals surface area contributed by atoms with E-state index in [1.165, 1.54) is 0 Å². The Bertz CT molecular complexity index is 540. The Labute approximate surface area is 135 Å². The second kappa shape index (κ2) is 8.97. The quantitative estimate of drug-likeness (QED) is 0.528. The van der Waals surface area contributed by atoms with E-state index >= 15 is 0 Å². The SMILES string of the molecule is CCCc1c(OC(=O)O)c(O)c(OCC)c(OCC)c1OCC. The average molecular weight is 328 g/mol. The molecule has 7 heteroatoms. The van der Waals surface area contributed by atoms with Crippen molar-refractivity contribution < 1.29 is 34.0 Å². The van der Waals surface area contributed by atoms with Gasteiger partial charge in [0.1, 0.15) is 0 Å². The summed E-state index contributed by atoms with van der Waals surface area (Å²) in [6.45, 7) is 8.21. The molecule has 0 heterocycles. The molecule has 0 amide bonds. The van der Waals surface area contributed by atoms with Crippen LogP contribution in [0.15, 0.2) is 0 Å². The summed E-state index contributed by atoms with van der Waals surface area (Å²) in [5, 5.41) is 19.4. The second-order valence-electron chi connectivity index (χ2n) is 4.56. The number of rotatable bonds is 9. The van der Waals surface area contributed by atoms with Crippen molar-refractivity contribution in [1.29, 1.82) is 0 Å². The Kier molecular flexibility index (Phi) is 7.31. The standard InChI is InChI=1S/C16H24O7/c1-5-9-10-12(23-16(18)19)11(17)14(21-7-3)15(22-8-4)13(10)20-6-2/h17H,5-9H2,1-4H3,(H,18,19). The molecule has 0 fully saturated rings. The number of phenols is 1. The van der Waals surface area contributed by atoms with Gasteiger partial charge < -0.3 is 29.2 Å². The molecular formula is C16H24O7. The number of carboxylic acid groups (broad SMARTS) is 1. The van der Waals surface area contributed by atoms with Gasteiger partial charge in [-0.3, -0.25) is 0 Å². The fourth-order valence-electron chi connectivity index (χ4n) is 2.22. The molecule has 0 unspecified atom stereocenters. The first-order valence-electron chi connectivity index (χ1n) is 7.72. The average Bonchev–Trinajstić information content (AvgIpc) is 2.50. The van der Waals surface area contributed by atoms with Crippen LogP contribution in [0.1, 0.15) is 39.7 Å². The highest BCUT2D eigenvalue weighted by atomic mass is 16.7. The normalized spacial score (nSPS) is 10.3. The van der Waals surface area contributed by atoms with Gasteiger partial charge in [0.2, 0.25) is 17.2 Å². The van der Waals surface area contributed by atoms with Crippen molar-refractivity contribution in [3.63, 3.8) is 0 Å². The summed E-state index contributed by atoms with van der Waals surface area (Å²) in [5.41, 5.74) is 0.446. The number of carbonyl (C=O) groups is 1. The van der Waals surface area contributed by atoms with E-state index in [1.54, 1.807) is 20.8 Å². The third kappa shape index (κ3) is 4.34. The largest absolute Gasteiger partial charge is 0.511 e. The maximum atomic E-state index is 11.0. The van der Waals surface area contributed by atoms with Crippen LogP contribution in [0.3, 0.4) is 0 Å². The van der Waals surface area contributed by atoms with Gasteiger partial charge in [-0.2, -0.15) is 0 Å². The molecule has 0 aliphatic rings. The zero-order chi connectivity index (χ0) is 17.4. The summed E-state index contributed by atoms with van der Waals surface area (Å²) < 4.78 is 21.5. The predicted octanol–water partition coefficient (Wildman–Crippen LogP) is 3.60. The molecule has 0 radical (unpaired) electrons. The van der Waals surface area contributed by atoms with Gasteiger partial charge in [-0.25, -0.2) is 4.79 Å². The zero-order valence-corrected chi connectivity index (χ0v) is 14.0. The highest BCUT2D eigenvalue weighted by Crippen LogP contribution is 2.53. The molecule has 1 rings (SSSR count). The minimum Gasteiger partial charge on any atom is -0.502 e. The molecule has 7 nitrogen and oxygen atoms in total. The molecular weight excluding hydrogens is 304 g/mol. The van der Waals surface area contributed by atoms with Gasteiger partial charge in [0, 0.05) is 5.56 Å². The molecule has 130 valence electrons. The summed E-state index contributed by atoms with van der Waals surface area (Å²) in [5.74, 6) is 0.0526. The first kappa shape index (κ1) is 18.7. The summed E-state index contributed by atoms with van der Waals surface area (Å²) in [6, 6.07) is 0. The van der Waals surface area contributed by atoms with Crippen LogP contribution in [0.2, 0.25) is 0 Å². The van der Waals surface area contributed by atoms with Crippen LogP contribution >= 0.6 is 0 Å². The van der Waals surface area contributed by atoms with Gasteiger partial charge in [0.05, 0.1) is 19.8 Å².